The minimum absolute atomic E-state index is 0.119. The zero-order valence-corrected chi connectivity index (χ0v) is 15.0. The van der Waals surface area contributed by atoms with Gasteiger partial charge in [0.2, 0.25) is 0 Å². The molecule has 3 rings (SSSR count). The lowest BCUT2D eigenvalue weighted by atomic mass is 10.1. The van der Waals surface area contributed by atoms with Gasteiger partial charge in [0, 0.05) is 6.07 Å². The number of anilines is 1. The van der Waals surface area contributed by atoms with Crippen LogP contribution in [0, 0.1) is 0 Å². The monoisotopic (exact) mass is 356 g/mol. The standard InChI is InChI=1S/C15H20N2O4S2/c1-4-22-15-16-11-8-23(18,19)9-13(11)17(15)12-7-10(20-2)5-6-14(12)21-3/h5-7,11,13H,4,8-9H2,1-3H3/t11-,13-/m1/s1. The van der Waals surface area contributed by atoms with Gasteiger partial charge in [0.15, 0.2) is 15.0 Å². The van der Waals surface area contributed by atoms with E-state index in [-0.39, 0.29) is 23.6 Å². The Morgan fingerprint density at radius 3 is 2.74 bits per heavy atom. The summed E-state index contributed by atoms with van der Waals surface area (Å²) < 4.78 is 34.8. The lowest BCUT2D eigenvalue weighted by Crippen LogP contribution is -2.39. The topological polar surface area (TPSA) is 68.2 Å². The van der Waals surface area contributed by atoms with Crippen LogP contribution < -0.4 is 14.4 Å². The quantitative estimate of drug-likeness (QED) is 0.819. The maximum atomic E-state index is 12.0. The zero-order chi connectivity index (χ0) is 16.6. The van der Waals surface area contributed by atoms with Crippen molar-refractivity contribution in [3.8, 4) is 11.5 Å². The summed E-state index contributed by atoms with van der Waals surface area (Å²) in [7, 11) is 0.160. The van der Waals surface area contributed by atoms with E-state index in [0.717, 1.165) is 16.6 Å². The molecule has 0 amide bonds. The molecule has 8 heteroatoms. The van der Waals surface area contributed by atoms with Crippen LogP contribution in [0.5, 0.6) is 11.5 Å². The Morgan fingerprint density at radius 2 is 2.09 bits per heavy atom. The van der Waals surface area contributed by atoms with Gasteiger partial charge >= 0.3 is 0 Å². The van der Waals surface area contributed by atoms with Gasteiger partial charge in [-0.2, -0.15) is 0 Å². The van der Waals surface area contributed by atoms with Gasteiger partial charge in [-0.15, -0.1) is 0 Å². The first-order valence-electron chi connectivity index (χ1n) is 7.41. The molecular formula is C15H20N2O4S2. The largest absolute Gasteiger partial charge is 0.497 e. The Kier molecular flexibility index (Phi) is 4.46. The number of amidine groups is 1. The first kappa shape index (κ1) is 16.4. The average Bonchev–Trinajstić information content (AvgIpc) is 2.98. The minimum atomic E-state index is -3.05. The highest BCUT2D eigenvalue weighted by Crippen LogP contribution is 2.41. The summed E-state index contributed by atoms with van der Waals surface area (Å²) in [6.07, 6.45) is 0. The summed E-state index contributed by atoms with van der Waals surface area (Å²) in [5, 5.41) is 0.851. The first-order valence-corrected chi connectivity index (χ1v) is 10.2. The van der Waals surface area contributed by atoms with Gasteiger partial charge in [-0.25, -0.2) is 8.42 Å². The van der Waals surface area contributed by atoms with E-state index in [0.29, 0.717) is 11.5 Å². The van der Waals surface area contributed by atoms with Crippen LogP contribution in [0.15, 0.2) is 23.2 Å². The summed E-state index contributed by atoms with van der Waals surface area (Å²) in [5.74, 6) is 2.49. The third kappa shape index (κ3) is 3.01. The molecule has 23 heavy (non-hydrogen) atoms. The molecule has 1 fully saturated rings. The van der Waals surface area contributed by atoms with Gasteiger partial charge in [0.1, 0.15) is 11.5 Å². The number of hydrogen-bond acceptors (Lipinski definition) is 7. The van der Waals surface area contributed by atoms with E-state index in [1.807, 2.05) is 23.1 Å². The Morgan fingerprint density at radius 1 is 1.30 bits per heavy atom. The zero-order valence-electron chi connectivity index (χ0n) is 13.4. The van der Waals surface area contributed by atoms with Crippen molar-refractivity contribution < 1.29 is 17.9 Å². The number of benzene rings is 1. The second-order valence-electron chi connectivity index (χ2n) is 5.46. The van der Waals surface area contributed by atoms with Crippen molar-refractivity contribution in [3.05, 3.63) is 18.2 Å². The number of hydrogen-bond donors (Lipinski definition) is 0. The first-order chi connectivity index (χ1) is 11.0. The maximum absolute atomic E-state index is 12.0. The molecule has 1 saturated heterocycles. The van der Waals surface area contributed by atoms with E-state index in [1.165, 1.54) is 0 Å². The fourth-order valence-corrected chi connectivity index (χ4v) is 5.71. The van der Waals surface area contributed by atoms with Crippen molar-refractivity contribution in [3.63, 3.8) is 0 Å². The molecule has 0 radical (unpaired) electrons. The number of ether oxygens (including phenoxy) is 2. The molecule has 0 aromatic heterocycles. The second kappa shape index (κ2) is 6.24. The molecule has 6 nitrogen and oxygen atoms in total. The second-order valence-corrected chi connectivity index (χ2v) is 8.85. The van der Waals surface area contributed by atoms with Crippen molar-refractivity contribution in [1.82, 2.24) is 0 Å². The van der Waals surface area contributed by atoms with Crippen LogP contribution in [-0.4, -0.2) is 57.1 Å². The van der Waals surface area contributed by atoms with Gasteiger partial charge in [0.05, 0.1) is 43.5 Å². The van der Waals surface area contributed by atoms with E-state index in [9.17, 15) is 8.42 Å². The SMILES string of the molecule is CCSC1=N[C@@H]2CS(=O)(=O)C[C@H]2N1c1cc(OC)ccc1OC. The highest BCUT2D eigenvalue weighted by atomic mass is 32.2. The van der Waals surface area contributed by atoms with E-state index in [1.54, 1.807) is 26.0 Å². The van der Waals surface area contributed by atoms with Gasteiger partial charge in [0.25, 0.3) is 0 Å². The third-order valence-electron chi connectivity index (χ3n) is 4.03. The molecule has 2 aliphatic rings. The van der Waals surface area contributed by atoms with E-state index < -0.39 is 9.84 Å². The molecule has 0 saturated carbocycles. The molecule has 2 heterocycles. The highest BCUT2D eigenvalue weighted by molar-refractivity contribution is 8.14. The van der Waals surface area contributed by atoms with Crippen LogP contribution in [0.1, 0.15) is 6.92 Å². The molecule has 0 aliphatic carbocycles. The molecule has 2 aliphatic heterocycles. The molecule has 0 bridgehead atoms. The summed E-state index contributed by atoms with van der Waals surface area (Å²) in [4.78, 5) is 6.66. The highest BCUT2D eigenvalue weighted by Gasteiger charge is 2.47. The van der Waals surface area contributed by atoms with E-state index in [4.69, 9.17) is 9.47 Å². The normalized spacial score (nSPS) is 25.2. The molecular weight excluding hydrogens is 336 g/mol. The van der Waals surface area contributed by atoms with Crippen LogP contribution in [0.25, 0.3) is 0 Å². The van der Waals surface area contributed by atoms with E-state index in [2.05, 4.69) is 11.9 Å². The number of nitrogens with zero attached hydrogens (tertiary/aromatic N) is 2. The lowest BCUT2D eigenvalue weighted by molar-refractivity contribution is 0.403. The maximum Gasteiger partial charge on any atom is 0.164 e. The summed E-state index contributed by atoms with van der Waals surface area (Å²) in [6, 6.07) is 5.15. The van der Waals surface area contributed by atoms with Crippen molar-refractivity contribution >= 4 is 32.5 Å². The third-order valence-corrected chi connectivity index (χ3v) is 6.57. The van der Waals surface area contributed by atoms with Gasteiger partial charge in [-0.3, -0.25) is 4.99 Å². The van der Waals surface area contributed by atoms with Gasteiger partial charge in [-0.1, -0.05) is 18.7 Å². The molecule has 126 valence electrons. The summed E-state index contributed by atoms with van der Waals surface area (Å²) in [5.41, 5.74) is 0.802. The summed E-state index contributed by atoms with van der Waals surface area (Å²) in [6.45, 7) is 2.05. The number of sulfone groups is 1. The molecule has 0 spiro atoms. The Hall–Kier alpha value is -1.41. The number of fused-ring (bicyclic) bond motifs is 1. The molecule has 0 unspecified atom stereocenters. The fourth-order valence-electron chi connectivity index (χ4n) is 3.03. The van der Waals surface area contributed by atoms with Crippen molar-refractivity contribution in [2.24, 2.45) is 4.99 Å². The molecule has 0 N–H and O–H groups in total. The van der Waals surface area contributed by atoms with Crippen LogP contribution in [0.4, 0.5) is 5.69 Å². The fraction of sp³-hybridized carbons (Fsp3) is 0.533. The van der Waals surface area contributed by atoms with E-state index >= 15 is 0 Å². The summed E-state index contributed by atoms with van der Waals surface area (Å²) >= 11 is 1.62. The van der Waals surface area contributed by atoms with Gasteiger partial charge < -0.3 is 14.4 Å². The Bertz CT molecular complexity index is 733. The van der Waals surface area contributed by atoms with Crippen molar-refractivity contribution in [2.45, 2.75) is 19.0 Å². The number of thioether (sulfide) groups is 1. The smallest absolute Gasteiger partial charge is 0.164 e. The van der Waals surface area contributed by atoms with Crippen LogP contribution in [0.3, 0.4) is 0 Å². The van der Waals surface area contributed by atoms with Crippen LogP contribution in [0.2, 0.25) is 0 Å². The van der Waals surface area contributed by atoms with Crippen LogP contribution >= 0.6 is 11.8 Å². The Balaban J connectivity index is 2.07. The van der Waals surface area contributed by atoms with Crippen LogP contribution in [-0.2, 0) is 9.84 Å². The Labute approximate surface area is 140 Å². The molecule has 2 atom stereocenters. The van der Waals surface area contributed by atoms with Gasteiger partial charge in [-0.05, 0) is 17.9 Å². The molecule has 1 aromatic rings. The number of rotatable bonds is 4. The number of methoxy groups -OCH3 is 2. The van der Waals surface area contributed by atoms with Crippen molar-refractivity contribution in [1.29, 1.82) is 0 Å². The van der Waals surface area contributed by atoms with Crippen molar-refractivity contribution in [2.75, 3.05) is 36.4 Å². The molecule has 1 aromatic carbocycles. The lowest BCUT2D eigenvalue weighted by Gasteiger charge is -2.28. The minimum Gasteiger partial charge on any atom is -0.497 e. The average molecular weight is 356 g/mol. The predicted molar refractivity (Wildman–Crippen MR) is 93.8 cm³/mol. The number of aliphatic imine (C=N–C) groups is 1. The predicted octanol–water partition coefficient (Wildman–Crippen LogP) is 1.80.